The lowest BCUT2D eigenvalue weighted by Gasteiger charge is -2.15. The third kappa shape index (κ3) is 4.40. The molecule has 3 aromatic rings. The third-order valence-electron chi connectivity index (χ3n) is 4.24. The first kappa shape index (κ1) is 18.4. The average molecular weight is 360 g/mol. The van der Waals surface area contributed by atoms with Crippen molar-refractivity contribution >= 4 is 28.3 Å². The van der Waals surface area contributed by atoms with Crippen LogP contribution in [0.3, 0.4) is 0 Å². The second-order valence-electron chi connectivity index (χ2n) is 6.06. The highest BCUT2D eigenvalue weighted by molar-refractivity contribution is 5.99. The number of fused-ring (bicyclic) bond motifs is 1. The molecule has 0 radical (unpaired) electrons. The monoisotopic (exact) mass is 360 g/mol. The van der Waals surface area contributed by atoms with Crippen LogP contribution < -0.4 is 10.6 Å². The Bertz CT molecular complexity index is 975. The topological polar surface area (TPSA) is 78.4 Å². The van der Waals surface area contributed by atoms with Gasteiger partial charge in [-0.15, -0.1) is 0 Å². The van der Waals surface area contributed by atoms with Crippen molar-refractivity contribution < 1.29 is 14.7 Å². The molecule has 0 saturated carbocycles. The molecule has 27 heavy (non-hydrogen) atoms. The van der Waals surface area contributed by atoms with E-state index < -0.39 is 6.10 Å². The predicted molar refractivity (Wildman–Crippen MR) is 107 cm³/mol. The Morgan fingerprint density at radius 3 is 2.44 bits per heavy atom. The molecule has 136 valence electrons. The highest BCUT2D eigenvalue weighted by atomic mass is 16.3. The lowest BCUT2D eigenvalue weighted by Crippen LogP contribution is -2.28. The molecule has 0 heterocycles. The minimum absolute atomic E-state index is 0.0990. The van der Waals surface area contributed by atoms with Crippen LogP contribution in [0.5, 0.6) is 0 Å². The summed E-state index contributed by atoms with van der Waals surface area (Å²) in [6.07, 6.45) is 0.362. The van der Waals surface area contributed by atoms with Gasteiger partial charge in [0.15, 0.2) is 0 Å². The molecule has 0 aliphatic carbocycles. The molecular formula is C22H20N2O3. The zero-order valence-corrected chi connectivity index (χ0v) is 14.7. The number of hydrogen-bond donors (Lipinski definition) is 3. The van der Waals surface area contributed by atoms with E-state index >= 15 is 0 Å². The van der Waals surface area contributed by atoms with Gasteiger partial charge in [0.2, 0.25) is 5.91 Å². The molecule has 0 fully saturated rings. The summed E-state index contributed by atoms with van der Waals surface area (Å²) in [7, 11) is 0. The summed E-state index contributed by atoms with van der Waals surface area (Å²) >= 11 is 0. The van der Waals surface area contributed by atoms with Crippen molar-refractivity contribution in [2.24, 2.45) is 0 Å². The normalized spacial score (nSPS) is 11.6. The van der Waals surface area contributed by atoms with Crippen molar-refractivity contribution in [3.8, 4) is 0 Å². The fourth-order valence-electron chi connectivity index (χ4n) is 2.84. The van der Waals surface area contributed by atoms with Crippen LogP contribution in [0.15, 0.2) is 79.4 Å². The van der Waals surface area contributed by atoms with E-state index in [1.54, 1.807) is 24.3 Å². The quantitative estimate of drug-likeness (QED) is 0.589. The SMILES string of the molecule is C=CC(=O)Nc1ccc(C(=O)NCC(O)c2cccc3ccccc23)cc1. The van der Waals surface area contributed by atoms with Crippen LogP contribution in [0, 0.1) is 0 Å². The van der Waals surface area contributed by atoms with Gasteiger partial charge in [-0.05, 0) is 46.7 Å². The lowest BCUT2D eigenvalue weighted by molar-refractivity contribution is -0.111. The molecule has 3 rings (SSSR count). The Labute approximate surface area is 157 Å². The molecule has 1 atom stereocenters. The fraction of sp³-hybridized carbons (Fsp3) is 0.0909. The standard InChI is InChI=1S/C22H20N2O3/c1-2-21(26)24-17-12-10-16(11-13-17)22(27)23-14-20(25)19-9-5-7-15-6-3-4-8-18(15)19/h2-13,20,25H,1,14H2,(H,23,27)(H,24,26). The van der Waals surface area contributed by atoms with Gasteiger partial charge in [0.1, 0.15) is 0 Å². The van der Waals surface area contributed by atoms with Crippen molar-refractivity contribution in [2.45, 2.75) is 6.10 Å². The number of amides is 2. The van der Waals surface area contributed by atoms with Gasteiger partial charge in [-0.2, -0.15) is 0 Å². The molecule has 3 aromatic carbocycles. The number of hydrogen-bond acceptors (Lipinski definition) is 3. The number of aliphatic hydroxyl groups is 1. The van der Waals surface area contributed by atoms with E-state index in [1.807, 2.05) is 42.5 Å². The molecule has 0 aliphatic rings. The molecule has 5 nitrogen and oxygen atoms in total. The van der Waals surface area contributed by atoms with Gasteiger partial charge in [0, 0.05) is 17.8 Å². The molecule has 1 unspecified atom stereocenters. The van der Waals surface area contributed by atoms with Crippen LogP contribution >= 0.6 is 0 Å². The Morgan fingerprint density at radius 2 is 1.70 bits per heavy atom. The van der Waals surface area contributed by atoms with Crippen LogP contribution in [0.1, 0.15) is 22.0 Å². The molecule has 0 aliphatic heterocycles. The largest absolute Gasteiger partial charge is 0.387 e. The maximum Gasteiger partial charge on any atom is 0.251 e. The number of carbonyl (C=O) groups excluding carboxylic acids is 2. The van der Waals surface area contributed by atoms with Crippen molar-refractivity contribution in [1.82, 2.24) is 5.32 Å². The fourth-order valence-corrected chi connectivity index (χ4v) is 2.84. The summed E-state index contributed by atoms with van der Waals surface area (Å²) in [4.78, 5) is 23.6. The summed E-state index contributed by atoms with van der Waals surface area (Å²) < 4.78 is 0. The first-order valence-electron chi connectivity index (χ1n) is 8.56. The minimum atomic E-state index is -0.814. The highest BCUT2D eigenvalue weighted by Gasteiger charge is 2.13. The minimum Gasteiger partial charge on any atom is -0.387 e. The molecule has 2 amide bonds. The number of anilines is 1. The van der Waals surface area contributed by atoms with Gasteiger partial charge in [0.05, 0.1) is 6.10 Å². The first-order chi connectivity index (χ1) is 13.1. The van der Waals surface area contributed by atoms with Crippen molar-refractivity contribution in [1.29, 1.82) is 0 Å². The van der Waals surface area contributed by atoms with Gasteiger partial charge < -0.3 is 15.7 Å². The Morgan fingerprint density at radius 1 is 1.00 bits per heavy atom. The Kier molecular flexibility index (Phi) is 5.64. The van der Waals surface area contributed by atoms with E-state index in [9.17, 15) is 14.7 Å². The second-order valence-corrected chi connectivity index (χ2v) is 6.06. The van der Waals surface area contributed by atoms with Gasteiger partial charge in [0.25, 0.3) is 5.91 Å². The van der Waals surface area contributed by atoms with Crippen LogP contribution in [-0.4, -0.2) is 23.5 Å². The maximum absolute atomic E-state index is 12.3. The van der Waals surface area contributed by atoms with Gasteiger partial charge in [-0.3, -0.25) is 9.59 Å². The average Bonchev–Trinajstić information content (AvgIpc) is 2.71. The molecular weight excluding hydrogens is 340 g/mol. The number of aliphatic hydroxyl groups excluding tert-OH is 1. The molecule has 0 saturated heterocycles. The summed E-state index contributed by atoms with van der Waals surface area (Å²) in [5, 5.41) is 17.9. The molecule has 0 aromatic heterocycles. The smallest absolute Gasteiger partial charge is 0.251 e. The zero-order chi connectivity index (χ0) is 19.2. The maximum atomic E-state index is 12.3. The van der Waals surface area contributed by atoms with Crippen LogP contribution in [0.25, 0.3) is 10.8 Å². The van der Waals surface area contributed by atoms with Gasteiger partial charge >= 0.3 is 0 Å². The molecule has 3 N–H and O–H groups in total. The number of nitrogens with one attached hydrogen (secondary N) is 2. The molecule has 5 heteroatoms. The molecule has 0 bridgehead atoms. The summed E-state index contributed by atoms with van der Waals surface area (Å²) in [6.45, 7) is 3.49. The first-order valence-corrected chi connectivity index (χ1v) is 8.56. The van der Waals surface area contributed by atoms with Crippen LogP contribution in [0.2, 0.25) is 0 Å². The third-order valence-corrected chi connectivity index (χ3v) is 4.24. The second kappa shape index (κ2) is 8.29. The number of carbonyl (C=O) groups is 2. The van der Waals surface area contributed by atoms with Crippen molar-refractivity contribution in [3.05, 3.63) is 90.5 Å². The van der Waals surface area contributed by atoms with Crippen molar-refractivity contribution in [3.63, 3.8) is 0 Å². The Balaban J connectivity index is 1.64. The van der Waals surface area contributed by atoms with E-state index in [2.05, 4.69) is 17.2 Å². The van der Waals surface area contributed by atoms with Gasteiger partial charge in [-0.1, -0.05) is 49.0 Å². The summed E-state index contributed by atoms with van der Waals surface area (Å²) in [6, 6.07) is 20.0. The molecule has 0 spiro atoms. The van der Waals surface area contributed by atoms with E-state index in [-0.39, 0.29) is 18.4 Å². The van der Waals surface area contributed by atoms with E-state index in [0.29, 0.717) is 11.3 Å². The Hall–Kier alpha value is -3.44. The highest BCUT2D eigenvalue weighted by Crippen LogP contribution is 2.24. The van der Waals surface area contributed by atoms with Crippen LogP contribution in [0.4, 0.5) is 5.69 Å². The van der Waals surface area contributed by atoms with E-state index in [1.165, 1.54) is 6.08 Å². The summed E-state index contributed by atoms with van der Waals surface area (Å²) in [5.74, 6) is -0.610. The zero-order valence-electron chi connectivity index (χ0n) is 14.7. The lowest BCUT2D eigenvalue weighted by atomic mass is 10.0. The van der Waals surface area contributed by atoms with Gasteiger partial charge in [-0.25, -0.2) is 0 Å². The van der Waals surface area contributed by atoms with Crippen molar-refractivity contribution in [2.75, 3.05) is 11.9 Å². The van der Waals surface area contributed by atoms with E-state index in [4.69, 9.17) is 0 Å². The number of benzene rings is 3. The van der Waals surface area contributed by atoms with Crippen LogP contribution in [-0.2, 0) is 4.79 Å². The summed E-state index contributed by atoms with van der Waals surface area (Å²) in [5.41, 5.74) is 1.79. The van der Waals surface area contributed by atoms with E-state index in [0.717, 1.165) is 16.3 Å². The predicted octanol–water partition coefficient (Wildman–Crippen LogP) is 3.43. The number of rotatable bonds is 6.